The number of sulfonamides is 1. The lowest BCUT2D eigenvalue weighted by molar-refractivity contribution is 0.597. The lowest BCUT2D eigenvalue weighted by Gasteiger charge is -2.13. The summed E-state index contributed by atoms with van der Waals surface area (Å²) in [6, 6.07) is 9.66. The molecule has 0 saturated heterocycles. The summed E-state index contributed by atoms with van der Waals surface area (Å²) in [5, 5.41) is 0. The summed E-state index contributed by atoms with van der Waals surface area (Å²) >= 11 is 0. The smallest absolute Gasteiger partial charge is 0.262 e. The van der Waals surface area contributed by atoms with Crippen LogP contribution in [0.5, 0.6) is 0 Å². The van der Waals surface area contributed by atoms with Crippen molar-refractivity contribution in [1.82, 2.24) is 0 Å². The van der Waals surface area contributed by atoms with E-state index in [1.54, 1.807) is 26.0 Å². The highest BCUT2D eigenvalue weighted by Gasteiger charge is 2.20. The second-order valence-electron chi connectivity index (χ2n) is 5.02. The van der Waals surface area contributed by atoms with Gasteiger partial charge in [-0.25, -0.2) is 12.8 Å². The first-order valence-corrected chi connectivity index (χ1v) is 8.20. The van der Waals surface area contributed by atoms with Gasteiger partial charge in [-0.1, -0.05) is 19.1 Å². The second kappa shape index (κ2) is 5.85. The van der Waals surface area contributed by atoms with E-state index >= 15 is 0 Å². The van der Waals surface area contributed by atoms with Crippen molar-refractivity contribution in [3.05, 3.63) is 58.9 Å². The molecule has 21 heavy (non-hydrogen) atoms. The number of hydrogen-bond acceptors (Lipinski definition) is 2. The number of aryl methyl sites for hydroxylation is 3. The summed E-state index contributed by atoms with van der Waals surface area (Å²) in [6.45, 7) is 5.21. The first-order chi connectivity index (χ1) is 9.83. The van der Waals surface area contributed by atoms with Crippen LogP contribution in [0.15, 0.2) is 41.3 Å². The van der Waals surface area contributed by atoms with Crippen molar-refractivity contribution >= 4 is 15.7 Å². The van der Waals surface area contributed by atoms with E-state index in [0.717, 1.165) is 12.0 Å². The molecule has 0 aromatic heterocycles. The van der Waals surface area contributed by atoms with Gasteiger partial charge in [0.15, 0.2) is 0 Å². The van der Waals surface area contributed by atoms with Crippen LogP contribution in [0.4, 0.5) is 10.1 Å². The van der Waals surface area contributed by atoms with Crippen molar-refractivity contribution in [3.63, 3.8) is 0 Å². The minimum atomic E-state index is -3.73. The fraction of sp³-hybridized carbons (Fsp3) is 0.250. The van der Waals surface area contributed by atoms with E-state index < -0.39 is 15.8 Å². The van der Waals surface area contributed by atoms with Gasteiger partial charge in [-0.15, -0.1) is 0 Å². The molecule has 0 spiro atoms. The third-order valence-electron chi connectivity index (χ3n) is 3.31. The van der Waals surface area contributed by atoms with Gasteiger partial charge in [-0.2, -0.15) is 0 Å². The van der Waals surface area contributed by atoms with Crippen molar-refractivity contribution < 1.29 is 12.8 Å². The molecule has 0 bridgehead atoms. The number of nitrogens with one attached hydrogen (secondary N) is 1. The zero-order valence-electron chi connectivity index (χ0n) is 12.3. The Morgan fingerprint density at radius 3 is 2.05 bits per heavy atom. The topological polar surface area (TPSA) is 46.2 Å². The van der Waals surface area contributed by atoms with Gasteiger partial charge in [0.2, 0.25) is 0 Å². The lowest BCUT2D eigenvalue weighted by atomic mass is 10.1. The fourth-order valence-electron chi connectivity index (χ4n) is 2.34. The average molecular weight is 307 g/mol. The highest BCUT2D eigenvalue weighted by Crippen LogP contribution is 2.24. The third-order valence-corrected chi connectivity index (χ3v) is 4.99. The van der Waals surface area contributed by atoms with E-state index in [-0.39, 0.29) is 4.90 Å². The molecule has 2 aromatic carbocycles. The van der Waals surface area contributed by atoms with Crippen LogP contribution < -0.4 is 4.72 Å². The number of halogens is 1. The Morgan fingerprint density at radius 2 is 1.57 bits per heavy atom. The molecule has 3 nitrogen and oxygen atoms in total. The summed E-state index contributed by atoms with van der Waals surface area (Å²) in [4.78, 5) is 0.128. The molecule has 0 radical (unpaired) electrons. The Morgan fingerprint density at radius 1 is 1.05 bits per heavy atom. The number of anilines is 1. The van der Waals surface area contributed by atoms with Crippen LogP contribution in [0.25, 0.3) is 0 Å². The zero-order chi connectivity index (χ0) is 15.6. The number of rotatable bonds is 4. The van der Waals surface area contributed by atoms with E-state index in [1.165, 1.54) is 12.1 Å². The van der Waals surface area contributed by atoms with E-state index in [1.807, 2.05) is 19.1 Å². The summed E-state index contributed by atoms with van der Waals surface area (Å²) < 4.78 is 40.8. The fourth-order valence-corrected chi connectivity index (χ4v) is 3.85. The van der Waals surface area contributed by atoms with Gasteiger partial charge in [0.25, 0.3) is 10.0 Å². The Balaban J connectivity index is 2.38. The maximum atomic E-state index is 13.3. The summed E-state index contributed by atoms with van der Waals surface area (Å²) in [7, 11) is -3.73. The van der Waals surface area contributed by atoms with Crippen molar-refractivity contribution in [1.29, 1.82) is 0 Å². The summed E-state index contributed by atoms with van der Waals surface area (Å²) in [6.07, 6.45) is 0.892. The van der Waals surface area contributed by atoms with Gasteiger partial charge in [-0.3, -0.25) is 4.72 Å². The van der Waals surface area contributed by atoms with Crippen LogP contribution in [0.1, 0.15) is 23.6 Å². The first kappa shape index (κ1) is 15.5. The maximum Gasteiger partial charge on any atom is 0.262 e. The quantitative estimate of drug-likeness (QED) is 0.933. The molecular weight excluding hydrogens is 289 g/mol. The van der Waals surface area contributed by atoms with Gasteiger partial charge in [0, 0.05) is 5.69 Å². The summed E-state index contributed by atoms with van der Waals surface area (Å²) in [5.41, 5.74) is 2.41. The van der Waals surface area contributed by atoms with Crippen LogP contribution in [-0.2, 0) is 16.4 Å². The van der Waals surface area contributed by atoms with Crippen molar-refractivity contribution in [2.45, 2.75) is 32.1 Å². The predicted molar refractivity (Wildman–Crippen MR) is 82.5 cm³/mol. The molecule has 0 aliphatic rings. The van der Waals surface area contributed by atoms with Gasteiger partial charge in [-0.05, 0) is 61.2 Å². The van der Waals surface area contributed by atoms with Gasteiger partial charge >= 0.3 is 0 Å². The minimum absolute atomic E-state index is 0.128. The van der Waals surface area contributed by atoms with Crippen LogP contribution in [0.2, 0.25) is 0 Å². The largest absolute Gasteiger partial charge is 0.280 e. The number of hydrogen-bond donors (Lipinski definition) is 1. The molecule has 0 aliphatic heterocycles. The maximum absolute atomic E-state index is 13.3. The van der Waals surface area contributed by atoms with Crippen molar-refractivity contribution in [2.75, 3.05) is 4.72 Å². The van der Waals surface area contributed by atoms with E-state index in [4.69, 9.17) is 0 Å². The zero-order valence-corrected chi connectivity index (χ0v) is 13.1. The highest BCUT2D eigenvalue weighted by atomic mass is 32.2. The molecule has 5 heteroatoms. The molecule has 2 aromatic rings. The van der Waals surface area contributed by atoms with Gasteiger partial charge in [0.1, 0.15) is 5.82 Å². The molecule has 0 amide bonds. The van der Waals surface area contributed by atoms with Crippen LogP contribution >= 0.6 is 0 Å². The van der Waals surface area contributed by atoms with Crippen molar-refractivity contribution in [2.24, 2.45) is 0 Å². The standard InChI is InChI=1S/C16H18FNO2S/c1-4-13-5-7-15(8-6-13)18-21(19,20)16-11(2)9-14(17)10-12(16)3/h5-10,18H,4H2,1-3H3. The van der Waals surface area contributed by atoms with Gasteiger partial charge in [0.05, 0.1) is 4.90 Å². The molecule has 0 fully saturated rings. The molecule has 2 rings (SSSR count). The molecule has 1 N–H and O–H groups in total. The minimum Gasteiger partial charge on any atom is -0.280 e. The Labute approximate surface area is 124 Å². The lowest BCUT2D eigenvalue weighted by Crippen LogP contribution is -2.16. The van der Waals surface area contributed by atoms with E-state index in [2.05, 4.69) is 4.72 Å². The Hall–Kier alpha value is -1.88. The van der Waals surface area contributed by atoms with Crippen LogP contribution in [0, 0.1) is 19.7 Å². The van der Waals surface area contributed by atoms with Crippen molar-refractivity contribution in [3.8, 4) is 0 Å². The molecule has 0 unspecified atom stereocenters. The number of benzene rings is 2. The SMILES string of the molecule is CCc1ccc(NS(=O)(=O)c2c(C)cc(F)cc2C)cc1. The van der Waals surface area contributed by atoms with E-state index in [0.29, 0.717) is 16.8 Å². The Kier molecular flexibility index (Phi) is 4.32. The monoisotopic (exact) mass is 307 g/mol. The molecular formula is C16H18FNO2S. The molecule has 0 atom stereocenters. The third kappa shape index (κ3) is 3.42. The van der Waals surface area contributed by atoms with Crippen LogP contribution in [0.3, 0.4) is 0 Å². The molecule has 0 heterocycles. The summed E-state index contributed by atoms with van der Waals surface area (Å²) in [5.74, 6) is -0.434. The normalized spacial score (nSPS) is 11.4. The first-order valence-electron chi connectivity index (χ1n) is 6.72. The Bertz CT molecular complexity index is 729. The molecule has 0 aliphatic carbocycles. The van der Waals surface area contributed by atoms with Crippen LogP contribution in [-0.4, -0.2) is 8.42 Å². The molecule has 0 saturated carbocycles. The van der Waals surface area contributed by atoms with E-state index in [9.17, 15) is 12.8 Å². The van der Waals surface area contributed by atoms with Gasteiger partial charge < -0.3 is 0 Å². The average Bonchev–Trinajstić information content (AvgIpc) is 2.37. The second-order valence-corrected chi connectivity index (χ2v) is 6.64. The highest BCUT2D eigenvalue weighted by molar-refractivity contribution is 7.92. The molecule has 112 valence electrons. The predicted octanol–water partition coefficient (Wildman–Crippen LogP) is 3.81.